The Labute approximate surface area is 177 Å². The Kier molecular flexibility index (Phi) is 5.75. The van der Waals surface area contributed by atoms with Crippen LogP contribution in [0.5, 0.6) is 5.88 Å². The van der Waals surface area contributed by atoms with Gasteiger partial charge in [-0.05, 0) is 44.2 Å². The van der Waals surface area contributed by atoms with Gasteiger partial charge in [-0.15, -0.1) is 0 Å². The first kappa shape index (κ1) is 21.9. The molecule has 0 unspecified atom stereocenters. The average Bonchev–Trinajstić information content (AvgIpc) is 2.70. The van der Waals surface area contributed by atoms with Gasteiger partial charge in [0.2, 0.25) is 11.8 Å². The van der Waals surface area contributed by atoms with Crippen molar-refractivity contribution in [1.29, 1.82) is 0 Å². The predicted octanol–water partition coefficient (Wildman–Crippen LogP) is 0.748. The van der Waals surface area contributed by atoms with Crippen LogP contribution in [0.2, 0.25) is 0 Å². The van der Waals surface area contributed by atoms with Crippen LogP contribution < -0.4 is 16.0 Å². The lowest BCUT2D eigenvalue weighted by molar-refractivity contribution is 0.410. The van der Waals surface area contributed by atoms with Gasteiger partial charge >= 0.3 is 5.69 Å². The van der Waals surface area contributed by atoms with Crippen molar-refractivity contribution in [2.75, 3.05) is 4.72 Å². The summed E-state index contributed by atoms with van der Waals surface area (Å²) in [5.74, 6) is -0.547. The molecule has 31 heavy (non-hydrogen) atoms. The van der Waals surface area contributed by atoms with E-state index in [1.807, 2.05) is 0 Å². The van der Waals surface area contributed by atoms with Gasteiger partial charge in [-0.2, -0.15) is 0 Å². The molecule has 0 saturated heterocycles. The Balaban J connectivity index is 1.87. The molecule has 0 amide bonds. The van der Waals surface area contributed by atoms with Gasteiger partial charge in [0.25, 0.3) is 15.6 Å². The predicted molar refractivity (Wildman–Crippen MR) is 115 cm³/mol. The molecule has 11 nitrogen and oxygen atoms in total. The molecule has 0 atom stereocenters. The molecule has 0 spiro atoms. The second-order valence-electron chi connectivity index (χ2n) is 6.77. The molecule has 0 fully saturated rings. The quantitative estimate of drug-likeness (QED) is 0.552. The molecule has 12 heteroatoms. The summed E-state index contributed by atoms with van der Waals surface area (Å²) in [5, 5.41) is 10.1. The third-order valence-corrected chi connectivity index (χ3v) is 5.71. The van der Waals surface area contributed by atoms with Gasteiger partial charge in [0, 0.05) is 31.7 Å². The van der Waals surface area contributed by atoms with E-state index in [4.69, 9.17) is 0 Å². The van der Waals surface area contributed by atoms with Crippen molar-refractivity contribution in [3.63, 3.8) is 0 Å². The SMILES string of the molecule is Cc1cc(C)nc(NS(=O)(=O)c2ccc(N=Cc3c(O)n(C)c(=O)n(C)c3=O)cc2)n1. The largest absolute Gasteiger partial charge is 0.494 e. The van der Waals surface area contributed by atoms with Crippen LogP contribution >= 0.6 is 0 Å². The third-order valence-electron chi connectivity index (χ3n) is 4.37. The monoisotopic (exact) mass is 444 g/mol. The fraction of sp³-hybridized carbons (Fsp3) is 0.211. The first-order valence-electron chi connectivity index (χ1n) is 8.98. The fourth-order valence-corrected chi connectivity index (χ4v) is 3.72. The summed E-state index contributed by atoms with van der Waals surface area (Å²) in [6, 6.07) is 7.24. The highest BCUT2D eigenvalue weighted by atomic mass is 32.2. The van der Waals surface area contributed by atoms with Crippen LogP contribution in [-0.4, -0.2) is 38.8 Å². The highest BCUT2D eigenvalue weighted by Gasteiger charge is 2.16. The van der Waals surface area contributed by atoms with E-state index in [9.17, 15) is 23.1 Å². The number of anilines is 1. The summed E-state index contributed by atoms with van der Waals surface area (Å²) >= 11 is 0. The van der Waals surface area contributed by atoms with Crippen LogP contribution in [0.25, 0.3) is 0 Å². The molecule has 3 aromatic rings. The summed E-state index contributed by atoms with van der Waals surface area (Å²) in [5.41, 5.74) is 0.0351. The molecule has 0 saturated carbocycles. The first-order valence-corrected chi connectivity index (χ1v) is 10.5. The standard InChI is InChI=1S/C19H20N6O5S/c1-11-9-12(2)22-18(21-11)23-31(29,30)14-7-5-13(6-8-14)20-10-15-16(26)24(3)19(28)25(4)17(15)27/h5-10,26H,1-4H3,(H,21,22,23). The normalized spacial score (nSPS) is 11.7. The second-order valence-corrected chi connectivity index (χ2v) is 8.46. The number of sulfonamides is 1. The first-order chi connectivity index (χ1) is 14.5. The van der Waals surface area contributed by atoms with Crippen molar-refractivity contribution in [2.45, 2.75) is 18.7 Å². The van der Waals surface area contributed by atoms with Gasteiger partial charge in [0.05, 0.1) is 10.6 Å². The fourth-order valence-electron chi connectivity index (χ4n) is 2.77. The summed E-state index contributed by atoms with van der Waals surface area (Å²) in [4.78, 5) is 36.1. The number of rotatable bonds is 5. The van der Waals surface area contributed by atoms with Gasteiger partial charge in [0.15, 0.2) is 0 Å². The number of nitrogens with zero attached hydrogens (tertiary/aromatic N) is 5. The number of aromatic hydroxyl groups is 1. The topological polar surface area (TPSA) is 149 Å². The third kappa shape index (κ3) is 4.53. The number of hydrogen-bond donors (Lipinski definition) is 2. The van der Waals surface area contributed by atoms with Crippen LogP contribution in [0.4, 0.5) is 11.6 Å². The van der Waals surface area contributed by atoms with E-state index in [2.05, 4.69) is 19.7 Å². The van der Waals surface area contributed by atoms with E-state index in [0.717, 1.165) is 15.3 Å². The van der Waals surface area contributed by atoms with Gasteiger partial charge in [0.1, 0.15) is 5.56 Å². The molecule has 162 valence electrons. The van der Waals surface area contributed by atoms with Crippen molar-refractivity contribution in [3.05, 3.63) is 68.1 Å². The van der Waals surface area contributed by atoms with Crippen molar-refractivity contribution in [2.24, 2.45) is 19.1 Å². The molecule has 0 aliphatic rings. The smallest absolute Gasteiger partial charge is 0.333 e. The van der Waals surface area contributed by atoms with Crippen LogP contribution in [-0.2, 0) is 24.1 Å². The van der Waals surface area contributed by atoms with Crippen molar-refractivity contribution < 1.29 is 13.5 Å². The van der Waals surface area contributed by atoms with E-state index >= 15 is 0 Å². The number of aryl methyl sites for hydroxylation is 2. The van der Waals surface area contributed by atoms with E-state index in [0.29, 0.717) is 17.1 Å². The summed E-state index contributed by atoms with van der Waals surface area (Å²) in [6.07, 6.45) is 1.11. The minimum atomic E-state index is -3.92. The molecule has 0 aliphatic heterocycles. The number of aromatic nitrogens is 4. The van der Waals surface area contributed by atoms with Gasteiger partial charge in [-0.1, -0.05) is 0 Å². The molecule has 1 aromatic carbocycles. The molecule has 3 rings (SSSR count). The van der Waals surface area contributed by atoms with E-state index in [-0.39, 0.29) is 16.4 Å². The zero-order valence-corrected chi connectivity index (χ0v) is 18.0. The van der Waals surface area contributed by atoms with Crippen LogP contribution in [0.1, 0.15) is 17.0 Å². The minimum Gasteiger partial charge on any atom is -0.494 e. The summed E-state index contributed by atoms with van der Waals surface area (Å²) in [7, 11) is -1.31. The minimum absolute atomic E-state index is 0.0272. The van der Waals surface area contributed by atoms with Crippen LogP contribution in [0, 0.1) is 13.8 Å². The van der Waals surface area contributed by atoms with Gasteiger partial charge in [-0.25, -0.2) is 27.9 Å². The lowest BCUT2D eigenvalue weighted by Gasteiger charge is -2.08. The number of hydrogen-bond acceptors (Lipinski definition) is 8. The van der Waals surface area contributed by atoms with Crippen LogP contribution in [0.3, 0.4) is 0 Å². The molecular weight excluding hydrogens is 424 g/mol. The zero-order chi connectivity index (χ0) is 22.9. The number of nitrogens with one attached hydrogen (secondary N) is 1. The molecule has 0 radical (unpaired) electrons. The molecule has 2 N–H and O–H groups in total. The maximum absolute atomic E-state index is 12.6. The highest BCUT2D eigenvalue weighted by molar-refractivity contribution is 7.92. The summed E-state index contributed by atoms with van der Waals surface area (Å²) < 4.78 is 29.2. The second kappa shape index (κ2) is 8.14. The molecule has 0 aliphatic carbocycles. The maximum Gasteiger partial charge on any atom is 0.333 e. The molecular formula is C19H20N6O5S. The molecule has 2 aromatic heterocycles. The lowest BCUT2D eigenvalue weighted by Crippen LogP contribution is -2.38. The average molecular weight is 444 g/mol. The van der Waals surface area contributed by atoms with Crippen molar-refractivity contribution in [3.8, 4) is 5.88 Å². The lowest BCUT2D eigenvalue weighted by atomic mass is 10.3. The Morgan fingerprint density at radius 2 is 1.61 bits per heavy atom. The van der Waals surface area contributed by atoms with Crippen LogP contribution in [0.15, 0.2) is 49.8 Å². The number of aliphatic imine (C=N–C) groups is 1. The Morgan fingerprint density at radius 1 is 1.03 bits per heavy atom. The van der Waals surface area contributed by atoms with E-state index in [1.54, 1.807) is 19.9 Å². The van der Waals surface area contributed by atoms with E-state index < -0.39 is 27.2 Å². The van der Waals surface area contributed by atoms with E-state index in [1.165, 1.54) is 38.4 Å². The van der Waals surface area contributed by atoms with Crippen molar-refractivity contribution in [1.82, 2.24) is 19.1 Å². The Bertz CT molecular complexity index is 1390. The number of benzene rings is 1. The Hall–Kier alpha value is -3.80. The van der Waals surface area contributed by atoms with Gasteiger partial charge in [-0.3, -0.25) is 18.9 Å². The highest BCUT2D eigenvalue weighted by Crippen LogP contribution is 2.19. The maximum atomic E-state index is 12.6. The van der Waals surface area contributed by atoms with Crippen molar-refractivity contribution >= 4 is 27.9 Å². The Morgan fingerprint density at radius 3 is 2.19 bits per heavy atom. The molecule has 0 bridgehead atoms. The zero-order valence-electron chi connectivity index (χ0n) is 17.2. The summed E-state index contributed by atoms with van der Waals surface area (Å²) in [6.45, 7) is 3.46. The van der Waals surface area contributed by atoms with Gasteiger partial charge < -0.3 is 5.11 Å². The molecule has 2 heterocycles.